The topological polar surface area (TPSA) is 0 Å². The summed E-state index contributed by atoms with van der Waals surface area (Å²) < 4.78 is 0. The van der Waals surface area contributed by atoms with E-state index in [1.54, 1.807) is 0 Å². The largest absolute Gasteiger partial charge is 0.102 e. The molecule has 0 unspecified atom stereocenters. The first kappa shape index (κ1) is 9.05. The standard InChI is InChI=1S/C12H16/c1-4-12(3,5-2)11-9-7-6-8-10-11/h4,6-10H,1,5H2,2-3H3/t12-/m1/s1. The summed E-state index contributed by atoms with van der Waals surface area (Å²) in [6.07, 6.45) is 3.13. The van der Waals surface area contributed by atoms with Crippen molar-refractivity contribution >= 4 is 0 Å². The maximum Gasteiger partial charge on any atom is 0.00983 e. The maximum absolute atomic E-state index is 3.88. The number of allylic oxidation sites excluding steroid dienone is 1. The molecule has 0 aliphatic heterocycles. The van der Waals surface area contributed by atoms with Crippen molar-refractivity contribution in [1.29, 1.82) is 0 Å². The van der Waals surface area contributed by atoms with Crippen LogP contribution in [-0.2, 0) is 5.41 Å². The number of rotatable bonds is 3. The van der Waals surface area contributed by atoms with E-state index >= 15 is 0 Å². The first-order valence-corrected chi connectivity index (χ1v) is 4.42. The van der Waals surface area contributed by atoms with E-state index in [-0.39, 0.29) is 5.41 Å². The first-order chi connectivity index (χ1) is 5.73. The molecule has 0 saturated heterocycles. The van der Waals surface area contributed by atoms with Crippen molar-refractivity contribution in [2.24, 2.45) is 0 Å². The molecular formula is C12H16. The monoisotopic (exact) mass is 160 g/mol. The van der Waals surface area contributed by atoms with E-state index in [9.17, 15) is 0 Å². The Kier molecular flexibility index (Phi) is 2.69. The Morgan fingerprint density at radius 3 is 2.33 bits per heavy atom. The highest BCUT2D eigenvalue weighted by atomic mass is 14.2. The summed E-state index contributed by atoms with van der Waals surface area (Å²) in [6.45, 7) is 8.29. The fourth-order valence-electron chi connectivity index (χ4n) is 1.29. The zero-order valence-electron chi connectivity index (χ0n) is 7.88. The van der Waals surface area contributed by atoms with Crippen LogP contribution >= 0.6 is 0 Å². The van der Waals surface area contributed by atoms with Crippen LogP contribution < -0.4 is 0 Å². The lowest BCUT2D eigenvalue weighted by Gasteiger charge is -2.24. The van der Waals surface area contributed by atoms with Gasteiger partial charge in [-0.25, -0.2) is 0 Å². The van der Waals surface area contributed by atoms with E-state index in [0.29, 0.717) is 0 Å². The van der Waals surface area contributed by atoms with E-state index in [1.165, 1.54) is 5.56 Å². The fraction of sp³-hybridized carbons (Fsp3) is 0.333. The molecule has 0 N–H and O–H groups in total. The molecule has 0 fully saturated rings. The summed E-state index contributed by atoms with van der Waals surface area (Å²) in [5, 5.41) is 0. The molecule has 0 heterocycles. The van der Waals surface area contributed by atoms with Crippen LogP contribution in [0.2, 0.25) is 0 Å². The zero-order valence-corrected chi connectivity index (χ0v) is 7.88. The van der Waals surface area contributed by atoms with Gasteiger partial charge >= 0.3 is 0 Å². The molecule has 0 spiro atoms. The summed E-state index contributed by atoms with van der Waals surface area (Å²) in [4.78, 5) is 0. The van der Waals surface area contributed by atoms with Gasteiger partial charge in [-0.05, 0) is 12.0 Å². The molecular weight excluding hydrogens is 144 g/mol. The minimum Gasteiger partial charge on any atom is -0.102 e. The van der Waals surface area contributed by atoms with Gasteiger partial charge in [-0.2, -0.15) is 0 Å². The normalized spacial score (nSPS) is 15.2. The summed E-state index contributed by atoms with van der Waals surface area (Å²) >= 11 is 0. The Morgan fingerprint density at radius 2 is 1.92 bits per heavy atom. The van der Waals surface area contributed by atoms with Gasteiger partial charge in [0.05, 0.1) is 0 Å². The lowest BCUT2D eigenvalue weighted by atomic mass is 9.80. The van der Waals surface area contributed by atoms with Crippen molar-refractivity contribution in [3.8, 4) is 0 Å². The van der Waals surface area contributed by atoms with Gasteiger partial charge in [-0.15, -0.1) is 6.58 Å². The minimum absolute atomic E-state index is 0.140. The van der Waals surface area contributed by atoms with Gasteiger partial charge in [-0.3, -0.25) is 0 Å². The number of hydrogen-bond donors (Lipinski definition) is 0. The van der Waals surface area contributed by atoms with Crippen LogP contribution in [-0.4, -0.2) is 0 Å². The highest BCUT2D eigenvalue weighted by Gasteiger charge is 2.19. The second-order valence-corrected chi connectivity index (χ2v) is 3.34. The molecule has 1 aromatic carbocycles. The van der Waals surface area contributed by atoms with Gasteiger partial charge in [0.1, 0.15) is 0 Å². The molecule has 0 bridgehead atoms. The summed E-state index contributed by atoms with van der Waals surface area (Å²) in [5.41, 5.74) is 1.49. The number of hydrogen-bond acceptors (Lipinski definition) is 0. The molecule has 12 heavy (non-hydrogen) atoms. The Balaban J connectivity index is 3.03. The Labute approximate surface area is 74.9 Å². The summed E-state index contributed by atoms with van der Waals surface area (Å²) in [7, 11) is 0. The molecule has 0 radical (unpaired) electrons. The second kappa shape index (κ2) is 3.57. The van der Waals surface area contributed by atoms with Crippen molar-refractivity contribution in [2.75, 3.05) is 0 Å². The summed E-state index contributed by atoms with van der Waals surface area (Å²) in [6, 6.07) is 10.5. The quantitative estimate of drug-likeness (QED) is 0.593. The predicted octanol–water partition coefficient (Wildman–Crippen LogP) is 3.54. The van der Waals surface area contributed by atoms with Gasteiger partial charge in [0, 0.05) is 5.41 Å². The average Bonchev–Trinajstić information content (AvgIpc) is 2.18. The van der Waals surface area contributed by atoms with Crippen molar-refractivity contribution < 1.29 is 0 Å². The average molecular weight is 160 g/mol. The highest BCUT2D eigenvalue weighted by molar-refractivity contribution is 5.28. The molecule has 0 amide bonds. The van der Waals surface area contributed by atoms with E-state index < -0.39 is 0 Å². The van der Waals surface area contributed by atoms with Gasteiger partial charge < -0.3 is 0 Å². The second-order valence-electron chi connectivity index (χ2n) is 3.34. The molecule has 1 aromatic rings. The fourth-order valence-corrected chi connectivity index (χ4v) is 1.29. The van der Waals surface area contributed by atoms with Crippen molar-refractivity contribution in [3.05, 3.63) is 48.6 Å². The van der Waals surface area contributed by atoms with Crippen LogP contribution in [0.25, 0.3) is 0 Å². The SMILES string of the molecule is C=C[C@](C)(CC)c1ccccc1. The van der Waals surface area contributed by atoms with Gasteiger partial charge in [0.25, 0.3) is 0 Å². The molecule has 1 rings (SSSR count). The third kappa shape index (κ3) is 1.58. The third-order valence-corrected chi connectivity index (χ3v) is 2.62. The van der Waals surface area contributed by atoms with Crippen molar-refractivity contribution in [2.45, 2.75) is 25.7 Å². The van der Waals surface area contributed by atoms with Crippen LogP contribution in [0.5, 0.6) is 0 Å². The van der Waals surface area contributed by atoms with E-state index in [0.717, 1.165) is 6.42 Å². The Bertz CT molecular complexity index is 248. The highest BCUT2D eigenvalue weighted by Crippen LogP contribution is 2.27. The van der Waals surface area contributed by atoms with Crippen molar-refractivity contribution in [3.63, 3.8) is 0 Å². The van der Waals surface area contributed by atoms with Crippen molar-refractivity contribution in [1.82, 2.24) is 0 Å². The van der Waals surface area contributed by atoms with E-state index in [1.807, 2.05) is 12.1 Å². The van der Waals surface area contributed by atoms with Crippen LogP contribution in [0.15, 0.2) is 43.0 Å². The van der Waals surface area contributed by atoms with Crippen LogP contribution in [0.3, 0.4) is 0 Å². The van der Waals surface area contributed by atoms with E-state index in [2.05, 4.69) is 44.7 Å². The minimum atomic E-state index is 0.140. The molecule has 0 nitrogen and oxygen atoms in total. The van der Waals surface area contributed by atoms with Gasteiger partial charge in [-0.1, -0.05) is 50.3 Å². The molecule has 0 aromatic heterocycles. The van der Waals surface area contributed by atoms with Crippen LogP contribution in [0.1, 0.15) is 25.8 Å². The first-order valence-electron chi connectivity index (χ1n) is 4.42. The predicted molar refractivity (Wildman–Crippen MR) is 54.3 cm³/mol. The number of benzene rings is 1. The van der Waals surface area contributed by atoms with Crippen LogP contribution in [0, 0.1) is 0 Å². The Hall–Kier alpha value is -1.04. The molecule has 64 valence electrons. The third-order valence-electron chi connectivity index (χ3n) is 2.62. The summed E-state index contributed by atoms with van der Waals surface area (Å²) in [5.74, 6) is 0. The van der Waals surface area contributed by atoms with Gasteiger partial charge in [0.2, 0.25) is 0 Å². The molecule has 1 atom stereocenters. The van der Waals surface area contributed by atoms with Gasteiger partial charge in [0.15, 0.2) is 0 Å². The smallest absolute Gasteiger partial charge is 0.00983 e. The maximum atomic E-state index is 3.88. The zero-order chi connectivity index (χ0) is 9.03. The molecule has 0 saturated carbocycles. The lowest BCUT2D eigenvalue weighted by Crippen LogP contribution is -2.16. The molecule has 0 heteroatoms. The molecule has 0 aliphatic carbocycles. The molecule has 0 aliphatic rings. The van der Waals surface area contributed by atoms with Crippen LogP contribution in [0.4, 0.5) is 0 Å². The van der Waals surface area contributed by atoms with E-state index in [4.69, 9.17) is 0 Å². The lowest BCUT2D eigenvalue weighted by molar-refractivity contribution is 0.574. The Morgan fingerprint density at radius 1 is 1.33 bits per heavy atom.